The second-order valence-electron chi connectivity index (χ2n) is 6.88. The van der Waals surface area contributed by atoms with Crippen LogP contribution >= 0.6 is 0 Å². The first-order chi connectivity index (χ1) is 15.5. The van der Waals surface area contributed by atoms with Crippen molar-refractivity contribution in [3.05, 3.63) is 65.9 Å². The zero-order chi connectivity index (χ0) is 22.7. The Kier molecular flexibility index (Phi) is 5.80. The molecule has 2 heterocycles. The monoisotopic (exact) mass is 435 g/mol. The van der Waals surface area contributed by atoms with Crippen molar-refractivity contribution in [2.45, 2.75) is 13.0 Å². The molecule has 0 bridgehead atoms. The molecule has 2 aromatic carbocycles. The Morgan fingerprint density at radius 1 is 1.12 bits per heavy atom. The van der Waals surface area contributed by atoms with Crippen LogP contribution in [0, 0.1) is 0 Å². The molecule has 0 fully saturated rings. The Labute approximate surface area is 184 Å². The number of hydrogen-bond donors (Lipinski definition) is 3. The fraction of sp³-hybridized carbons (Fsp3) is 0.174. The predicted octanol–water partition coefficient (Wildman–Crippen LogP) is 4.06. The van der Waals surface area contributed by atoms with E-state index in [1.54, 1.807) is 49.4 Å². The average molecular weight is 435 g/mol. The number of para-hydroxylation sites is 1. The summed E-state index contributed by atoms with van der Waals surface area (Å²) in [6, 6.07) is 13.5. The number of rotatable bonds is 7. The lowest BCUT2D eigenvalue weighted by molar-refractivity contribution is -0.151. The lowest BCUT2D eigenvalue weighted by atomic mass is 10.0. The number of phenols is 1. The minimum absolute atomic E-state index is 0.0843. The largest absolute Gasteiger partial charge is 0.508 e. The molecule has 0 saturated heterocycles. The summed E-state index contributed by atoms with van der Waals surface area (Å²) in [5.74, 6) is 0.0494. The van der Waals surface area contributed by atoms with E-state index < -0.39 is 18.0 Å². The van der Waals surface area contributed by atoms with Crippen LogP contribution in [0.1, 0.15) is 28.9 Å². The number of ether oxygens (including phenoxy) is 3. The van der Waals surface area contributed by atoms with Crippen LogP contribution in [0.2, 0.25) is 0 Å². The van der Waals surface area contributed by atoms with Crippen LogP contribution in [0.3, 0.4) is 0 Å². The van der Waals surface area contributed by atoms with E-state index in [1.165, 1.54) is 19.4 Å². The summed E-state index contributed by atoms with van der Waals surface area (Å²) in [7, 11) is 1.31. The van der Waals surface area contributed by atoms with Crippen molar-refractivity contribution in [3.63, 3.8) is 0 Å². The molecule has 32 heavy (non-hydrogen) atoms. The van der Waals surface area contributed by atoms with Gasteiger partial charge in [-0.25, -0.2) is 14.6 Å². The molecule has 164 valence electrons. The number of nitrogens with zero attached hydrogens (tertiary/aromatic N) is 1. The smallest absolute Gasteiger partial charge is 0.351 e. The lowest BCUT2D eigenvalue weighted by Crippen LogP contribution is -2.28. The van der Waals surface area contributed by atoms with Crippen LogP contribution in [0.25, 0.3) is 0 Å². The third kappa shape index (κ3) is 4.13. The molecule has 1 aliphatic heterocycles. The van der Waals surface area contributed by atoms with Crippen molar-refractivity contribution in [3.8, 4) is 11.5 Å². The fourth-order valence-corrected chi connectivity index (χ4v) is 3.27. The van der Waals surface area contributed by atoms with Gasteiger partial charge in [0.25, 0.3) is 0 Å². The van der Waals surface area contributed by atoms with Crippen molar-refractivity contribution < 1.29 is 28.9 Å². The molecule has 0 radical (unpaired) electrons. The Hall–Kier alpha value is -4.27. The maximum Gasteiger partial charge on any atom is 0.351 e. The maximum atomic E-state index is 12.4. The minimum atomic E-state index is -0.751. The van der Waals surface area contributed by atoms with E-state index in [0.717, 1.165) is 0 Å². The molecule has 1 atom stereocenters. The van der Waals surface area contributed by atoms with Crippen molar-refractivity contribution in [1.29, 1.82) is 0 Å². The number of hydrogen-bond acceptors (Lipinski definition) is 9. The van der Waals surface area contributed by atoms with E-state index in [9.17, 15) is 14.7 Å². The topological polar surface area (TPSA) is 119 Å². The van der Waals surface area contributed by atoms with Gasteiger partial charge >= 0.3 is 11.9 Å². The zero-order valence-corrected chi connectivity index (χ0v) is 17.4. The van der Waals surface area contributed by atoms with Gasteiger partial charge in [-0.05, 0) is 25.1 Å². The fourth-order valence-electron chi connectivity index (χ4n) is 3.27. The van der Waals surface area contributed by atoms with Crippen molar-refractivity contribution in [1.82, 2.24) is 4.98 Å². The third-order valence-corrected chi connectivity index (χ3v) is 4.77. The molecule has 4 rings (SSSR count). The number of anilines is 4. The number of aromatic hydroxyl groups is 1. The van der Waals surface area contributed by atoms with Gasteiger partial charge in [-0.3, -0.25) is 0 Å². The highest BCUT2D eigenvalue weighted by Gasteiger charge is 2.37. The van der Waals surface area contributed by atoms with E-state index >= 15 is 0 Å². The SMILES string of the molecule is CCOC(=O)c1cnc(Nc2cccc3c2OC3C(=O)OC)cc1Nc1cccc(O)c1. The molecular formula is C23H21N3O6. The first-order valence-electron chi connectivity index (χ1n) is 9.87. The molecule has 0 spiro atoms. The summed E-state index contributed by atoms with van der Waals surface area (Å²) < 4.78 is 15.5. The number of nitrogens with one attached hydrogen (secondary N) is 2. The number of fused-ring (bicyclic) bond motifs is 1. The van der Waals surface area contributed by atoms with E-state index in [-0.39, 0.29) is 17.9 Å². The molecule has 0 aliphatic carbocycles. The van der Waals surface area contributed by atoms with Gasteiger partial charge in [0.2, 0.25) is 6.10 Å². The van der Waals surface area contributed by atoms with E-state index in [2.05, 4.69) is 15.6 Å². The second kappa shape index (κ2) is 8.84. The molecule has 9 heteroatoms. The van der Waals surface area contributed by atoms with Crippen LogP contribution < -0.4 is 15.4 Å². The van der Waals surface area contributed by atoms with E-state index in [1.807, 2.05) is 0 Å². The first-order valence-corrected chi connectivity index (χ1v) is 9.87. The summed E-state index contributed by atoms with van der Waals surface area (Å²) in [5, 5.41) is 16.0. The maximum absolute atomic E-state index is 12.4. The number of pyridine rings is 1. The number of phenolic OH excluding ortho intramolecular Hbond substituents is 1. The number of carbonyl (C=O) groups is 2. The van der Waals surface area contributed by atoms with Crippen molar-refractivity contribution in [2.75, 3.05) is 24.4 Å². The average Bonchev–Trinajstić information content (AvgIpc) is 2.75. The van der Waals surface area contributed by atoms with Crippen LogP contribution in [-0.2, 0) is 14.3 Å². The summed E-state index contributed by atoms with van der Waals surface area (Å²) >= 11 is 0. The molecule has 0 amide bonds. The predicted molar refractivity (Wildman–Crippen MR) is 117 cm³/mol. The second-order valence-corrected chi connectivity index (χ2v) is 6.88. The van der Waals surface area contributed by atoms with Gasteiger partial charge in [-0.1, -0.05) is 18.2 Å². The van der Waals surface area contributed by atoms with Gasteiger partial charge in [-0.2, -0.15) is 0 Å². The highest BCUT2D eigenvalue weighted by atomic mass is 16.6. The van der Waals surface area contributed by atoms with Crippen molar-refractivity contribution in [2.24, 2.45) is 0 Å². The molecule has 1 aromatic heterocycles. The Morgan fingerprint density at radius 3 is 2.69 bits per heavy atom. The number of esters is 2. The zero-order valence-electron chi connectivity index (χ0n) is 17.4. The van der Waals surface area contributed by atoms with Crippen LogP contribution in [0.4, 0.5) is 22.9 Å². The molecule has 1 aliphatic rings. The lowest BCUT2D eigenvalue weighted by Gasteiger charge is -2.30. The molecule has 1 unspecified atom stereocenters. The summed E-state index contributed by atoms with van der Waals surface area (Å²) in [5.41, 5.74) is 2.59. The number of aromatic nitrogens is 1. The van der Waals surface area contributed by atoms with E-state index in [0.29, 0.717) is 34.2 Å². The van der Waals surface area contributed by atoms with Gasteiger partial charge < -0.3 is 30.0 Å². The summed E-state index contributed by atoms with van der Waals surface area (Å²) in [6.45, 7) is 1.94. The normalized spacial score (nSPS) is 13.8. The third-order valence-electron chi connectivity index (χ3n) is 4.77. The molecule has 3 N–H and O–H groups in total. The Morgan fingerprint density at radius 2 is 1.94 bits per heavy atom. The Balaban J connectivity index is 1.64. The van der Waals surface area contributed by atoms with Gasteiger partial charge in [0.05, 0.1) is 25.1 Å². The van der Waals surface area contributed by atoms with E-state index in [4.69, 9.17) is 14.2 Å². The molecule has 9 nitrogen and oxygen atoms in total. The van der Waals surface area contributed by atoms with Gasteiger partial charge in [0, 0.05) is 29.6 Å². The summed E-state index contributed by atoms with van der Waals surface area (Å²) in [6.07, 6.45) is 0.651. The minimum Gasteiger partial charge on any atom is -0.508 e. The highest BCUT2D eigenvalue weighted by Crippen LogP contribution is 2.46. The van der Waals surface area contributed by atoms with Crippen LogP contribution in [0.15, 0.2) is 54.7 Å². The number of methoxy groups -OCH3 is 1. The van der Waals surface area contributed by atoms with Gasteiger partial charge in [0.1, 0.15) is 17.1 Å². The molecular weight excluding hydrogens is 414 g/mol. The molecule has 0 saturated carbocycles. The van der Waals surface area contributed by atoms with Gasteiger partial charge in [0.15, 0.2) is 5.75 Å². The molecule has 3 aromatic rings. The van der Waals surface area contributed by atoms with Crippen LogP contribution in [0.5, 0.6) is 11.5 Å². The standard InChI is InChI=1S/C23H21N3O6/c1-3-31-22(28)16-12-24-19(11-18(16)25-13-6-4-7-14(27)10-13)26-17-9-5-8-15-20(17)32-21(15)23(29)30-2/h4-12,21,27H,3H2,1-2H3,(H2,24,25,26). The highest BCUT2D eigenvalue weighted by molar-refractivity contribution is 5.97. The first kappa shape index (κ1) is 21.0. The quantitative estimate of drug-likeness (QED) is 0.472. The summed E-state index contributed by atoms with van der Waals surface area (Å²) in [4.78, 5) is 28.5. The number of carbonyl (C=O) groups excluding carboxylic acids is 2. The Bertz CT molecular complexity index is 1180. The van der Waals surface area contributed by atoms with Gasteiger partial charge in [-0.15, -0.1) is 0 Å². The number of benzene rings is 2. The van der Waals surface area contributed by atoms with Crippen LogP contribution in [-0.4, -0.2) is 35.7 Å². The van der Waals surface area contributed by atoms with Crippen molar-refractivity contribution >= 4 is 34.8 Å².